The molecule has 7 nitrogen and oxygen atoms in total. The van der Waals surface area contributed by atoms with Crippen molar-refractivity contribution in [2.45, 2.75) is 13.2 Å². The lowest BCUT2D eigenvalue weighted by Crippen LogP contribution is -2.06. The van der Waals surface area contributed by atoms with E-state index in [1.54, 1.807) is 37.8 Å². The quantitative estimate of drug-likeness (QED) is 0.445. The molecular weight excluding hydrogens is 370 g/mol. The van der Waals surface area contributed by atoms with Gasteiger partial charge in [-0.05, 0) is 29.8 Å². The summed E-state index contributed by atoms with van der Waals surface area (Å²) in [5, 5.41) is 3.97. The molecule has 146 valence electrons. The van der Waals surface area contributed by atoms with Gasteiger partial charge < -0.3 is 18.6 Å². The molecule has 2 heterocycles. The van der Waals surface area contributed by atoms with Gasteiger partial charge in [0.15, 0.2) is 5.76 Å². The van der Waals surface area contributed by atoms with E-state index in [2.05, 4.69) is 10.1 Å². The molecule has 29 heavy (non-hydrogen) atoms. The highest BCUT2D eigenvalue weighted by molar-refractivity contribution is 5.89. The van der Waals surface area contributed by atoms with Crippen molar-refractivity contribution in [2.24, 2.45) is 0 Å². The minimum absolute atomic E-state index is 0.0308. The van der Waals surface area contributed by atoms with Gasteiger partial charge in [0.1, 0.15) is 18.1 Å². The average molecular weight is 389 g/mol. The van der Waals surface area contributed by atoms with Crippen LogP contribution in [0.2, 0.25) is 0 Å². The molecule has 0 saturated heterocycles. The van der Waals surface area contributed by atoms with Crippen molar-refractivity contribution < 1.29 is 18.8 Å². The standard InChI is InChI=1S/C22H19N3O4/c1-27-20-4-2-3-18(11-20)21-12-19(24-29-21)14-28-22(26)17-7-5-16(6-8-17)13-25-10-9-23-15-25/h2-12,15H,13-14H2,1H3. The minimum Gasteiger partial charge on any atom is -0.497 e. The van der Waals surface area contributed by atoms with E-state index in [0.29, 0.717) is 23.6 Å². The first-order valence-electron chi connectivity index (χ1n) is 9.03. The maximum atomic E-state index is 12.3. The third-order valence-electron chi connectivity index (χ3n) is 4.38. The van der Waals surface area contributed by atoms with Crippen molar-refractivity contribution in [3.8, 4) is 17.1 Å². The van der Waals surface area contributed by atoms with Gasteiger partial charge in [0.2, 0.25) is 0 Å². The molecule has 0 aliphatic carbocycles. The van der Waals surface area contributed by atoms with Gasteiger partial charge in [-0.25, -0.2) is 9.78 Å². The van der Waals surface area contributed by atoms with E-state index < -0.39 is 5.97 Å². The zero-order valence-electron chi connectivity index (χ0n) is 15.8. The summed E-state index contributed by atoms with van der Waals surface area (Å²) in [6.45, 7) is 0.727. The van der Waals surface area contributed by atoms with Crippen LogP contribution in [0.3, 0.4) is 0 Å². The number of rotatable bonds is 7. The molecule has 4 rings (SSSR count). The van der Waals surface area contributed by atoms with Gasteiger partial charge in [0.05, 0.1) is 19.0 Å². The van der Waals surface area contributed by atoms with Gasteiger partial charge in [0, 0.05) is 30.6 Å². The molecule has 0 radical (unpaired) electrons. The lowest BCUT2D eigenvalue weighted by Gasteiger charge is -2.05. The van der Waals surface area contributed by atoms with Crippen LogP contribution >= 0.6 is 0 Å². The molecule has 0 atom stereocenters. The van der Waals surface area contributed by atoms with Gasteiger partial charge >= 0.3 is 5.97 Å². The number of hydrogen-bond donors (Lipinski definition) is 0. The Balaban J connectivity index is 1.35. The van der Waals surface area contributed by atoms with Crippen LogP contribution < -0.4 is 4.74 Å². The van der Waals surface area contributed by atoms with Crippen LogP contribution in [0.1, 0.15) is 21.6 Å². The highest BCUT2D eigenvalue weighted by atomic mass is 16.5. The van der Waals surface area contributed by atoms with E-state index >= 15 is 0 Å². The summed E-state index contributed by atoms with van der Waals surface area (Å²) in [7, 11) is 1.61. The van der Waals surface area contributed by atoms with Gasteiger partial charge in [-0.3, -0.25) is 0 Å². The van der Waals surface area contributed by atoms with Crippen molar-refractivity contribution >= 4 is 5.97 Å². The highest BCUT2D eigenvalue weighted by Crippen LogP contribution is 2.24. The van der Waals surface area contributed by atoms with E-state index in [0.717, 1.165) is 16.9 Å². The Bertz CT molecular complexity index is 1090. The first-order valence-corrected chi connectivity index (χ1v) is 9.03. The van der Waals surface area contributed by atoms with Crippen LogP contribution in [0.15, 0.2) is 77.8 Å². The Morgan fingerprint density at radius 2 is 2.00 bits per heavy atom. The summed E-state index contributed by atoms with van der Waals surface area (Å²) in [6, 6.07) is 16.5. The molecule has 2 aromatic heterocycles. The molecule has 2 aromatic carbocycles. The van der Waals surface area contributed by atoms with Crippen LogP contribution in [-0.4, -0.2) is 27.8 Å². The third kappa shape index (κ3) is 4.52. The number of aromatic nitrogens is 3. The Kier molecular flexibility index (Phi) is 5.38. The number of carbonyl (C=O) groups is 1. The lowest BCUT2D eigenvalue weighted by atomic mass is 10.1. The number of methoxy groups -OCH3 is 1. The lowest BCUT2D eigenvalue weighted by molar-refractivity contribution is 0.0464. The fraction of sp³-hybridized carbons (Fsp3) is 0.136. The summed E-state index contributed by atoms with van der Waals surface area (Å²) in [5.41, 5.74) is 2.92. The van der Waals surface area contributed by atoms with Gasteiger partial charge in [0.25, 0.3) is 0 Å². The number of carbonyl (C=O) groups excluding carboxylic acids is 1. The fourth-order valence-electron chi connectivity index (χ4n) is 2.85. The Morgan fingerprint density at radius 3 is 2.76 bits per heavy atom. The average Bonchev–Trinajstić information content (AvgIpc) is 3.45. The zero-order valence-corrected chi connectivity index (χ0v) is 15.8. The van der Waals surface area contributed by atoms with Gasteiger partial charge in [-0.2, -0.15) is 0 Å². The van der Waals surface area contributed by atoms with E-state index in [9.17, 15) is 4.79 Å². The maximum absolute atomic E-state index is 12.3. The largest absolute Gasteiger partial charge is 0.497 e. The normalized spacial score (nSPS) is 10.7. The monoisotopic (exact) mass is 389 g/mol. The molecule has 0 amide bonds. The predicted molar refractivity (Wildman–Crippen MR) is 105 cm³/mol. The number of nitrogens with zero attached hydrogens (tertiary/aromatic N) is 3. The van der Waals surface area contributed by atoms with Crippen molar-refractivity contribution in [1.29, 1.82) is 0 Å². The first kappa shape index (κ1) is 18.5. The Morgan fingerprint density at radius 1 is 1.14 bits per heavy atom. The summed E-state index contributed by atoms with van der Waals surface area (Å²) < 4.78 is 17.9. The number of hydrogen-bond acceptors (Lipinski definition) is 6. The summed E-state index contributed by atoms with van der Waals surface area (Å²) in [6.07, 6.45) is 5.37. The third-order valence-corrected chi connectivity index (χ3v) is 4.38. The molecular formula is C22H19N3O4. The molecule has 4 aromatic rings. The number of benzene rings is 2. The van der Waals surface area contributed by atoms with Gasteiger partial charge in [-0.15, -0.1) is 0 Å². The molecule has 0 spiro atoms. The Labute approximate surface area is 167 Å². The number of esters is 1. The SMILES string of the molecule is COc1cccc(-c2cc(COC(=O)c3ccc(Cn4ccnc4)cc3)no2)c1. The van der Waals surface area contributed by atoms with E-state index in [4.69, 9.17) is 14.0 Å². The summed E-state index contributed by atoms with van der Waals surface area (Å²) >= 11 is 0. The van der Waals surface area contributed by atoms with Crippen molar-refractivity contribution in [3.63, 3.8) is 0 Å². The van der Waals surface area contributed by atoms with Crippen LogP contribution in [0.5, 0.6) is 5.75 Å². The van der Waals surface area contributed by atoms with E-state index in [1.807, 2.05) is 47.2 Å². The Hall–Kier alpha value is -3.87. The van der Waals surface area contributed by atoms with Crippen molar-refractivity contribution in [2.75, 3.05) is 7.11 Å². The molecule has 0 bridgehead atoms. The highest BCUT2D eigenvalue weighted by Gasteiger charge is 2.12. The molecule has 0 aliphatic rings. The van der Waals surface area contributed by atoms with Crippen LogP contribution in [0.4, 0.5) is 0 Å². The summed E-state index contributed by atoms with van der Waals surface area (Å²) in [5.74, 6) is 0.896. The molecule has 7 heteroatoms. The maximum Gasteiger partial charge on any atom is 0.338 e. The molecule has 0 aliphatic heterocycles. The zero-order chi connectivity index (χ0) is 20.1. The van der Waals surface area contributed by atoms with Crippen molar-refractivity contribution in [3.05, 3.63) is 90.1 Å². The summed E-state index contributed by atoms with van der Waals surface area (Å²) in [4.78, 5) is 16.3. The van der Waals surface area contributed by atoms with Crippen LogP contribution in [0.25, 0.3) is 11.3 Å². The predicted octanol–water partition coefficient (Wildman–Crippen LogP) is 3.95. The second kappa shape index (κ2) is 8.43. The van der Waals surface area contributed by atoms with Crippen LogP contribution in [-0.2, 0) is 17.9 Å². The topological polar surface area (TPSA) is 79.4 Å². The van der Waals surface area contributed by atoms with Crippen LogP contribution in [0, 0.1) is 0 Å². The number of ether oxygens (including phenoxy) is 2. The minimum atomic E-state index is -0.412. The number of imidazole rings is 1. The van der Waals surface area contributed by atoms with Gasteiger partial charge in [-0.1, -0.05) is 29.4 Å². The first-order chi connectivity index (χ1) is 14.2. The molecule has 0 fully saturated rings. The van der Waals surface area contributed by atoms with E-state index in [-0.39, 0.29) is 6.61 Å². The smallest absolute Gasteiger partial charge is 0.338 e. The fourth-order valence-corrected chi connectivity index (χ4v) is 2.85. The van der Waals surface area contributed by atoms with E-state index in [1.165, 1.54) is 0 Å². The molecule has 0 saturated carbocycles. The second-order valence-corrected chi connectivity index (χ2v) is 6.42. The molecule has 0 N–H and O–H groups in total. The molecule has 0 unspecified atom stereocenters. The second-order valence-electron chi connectivity index (χ2n) is 6.42. The van der Waals surface area contributed by atoms with Crippen molar-refractivity contribution in [1.82, 2.24) is 14.7 Å².